The van der Waals surface area contributed by atoms with Crippen molar-refractivity contribution in [3.05, 3.63) is 59.7 Å². The third-order valence-corrected chi connectivity index (χ3v) is 8.01. The number of carbonyl (C=O) groups excluding carboxylic acids is 1. The van der Waals surface area contributed by atoms with Crippen LogP contribution in [-0.2, 0) is 66.5 Å². The molecule has 0 unspecified atom stereocenters. The Hall–Kier alpha value is -3.30. The number of nitrogens with one attached hydrogen (secondary N) is 1. The molecule has 0 fully saturated rings. The second-order valence-corrected chi connectivity index (χ2v) is 12.2. The van der Waals surface area contributed by atoms with E-state index in [0.717, 1.165) is 11.1 Å². The topological polar surface area (TPSA) is 186 Å². The van der Waals surface area contributed by atoms with Crippen LogP contribution in [0.4, 0.5) is 4.79 Å². The van der Waals surface area contributed by atoms with Crippen molar-refractivity contribution in [3.8, 4) is 11.1 Å². The molecule has 0 aliphatic heterocycles. The molecule has 0 radical (unpaired) electrons. The monoisotopic (exact) mass is 811 g/mol. The largest absolute Gasteiger partial charge is 0.481 e. The molecule has 1 aliphatic carbocycles. The van der Waals surface area contributed by atoms with Crippen molar-refractivity contribution in [2.45, 2.75) is 12.3 Å². The molecule has 3 rings (SSSR count). The van der Waals surface area contributed by atoms with Crippen LogP contribution < -0.4 is 5.48 Å². The van der Waals surface area contributed by atoms with E-state index in [9.17, 15) is 9.59 Å². The van der Waals surface area contributed by atoms with Crippen LogP contribution in [0.25, 0.3) is 11.1 Å². The molecule has 0 atom stereocenters. The maximum absolute atomic E-state index is 12.1. The molecule has 1 aliphatic rings. The summed E-state index contributed by atoms with van der Waals surface area (Å²) < 4.78 is 65.1. The molecule has 1 amide bonds. The molecular formula is C40H61NO16. The van der Waals surface area contributed by atoms with Crippen molar-refractivity contribution in [1.29, 1.82) is 0 Å². The molecule has 57 heavy (non-hydrogen) atoms. The van der Waals surface area contributed by atoms with Gasteiger partial charge in [-0.15, -0.1) is 0 Å². The van der Waals surface area contributed by atoms with Crippen LogP contribution in [0.15, 0.2) is 48.5 Å². The van der Waals surface area contributed by atoms with Gasteiger partial charge in [0.2, 0.25) is 0 Å². The van der Waals surface area contributed by atoms with Crippen LogP contribution in [0, 0.1) is 0 Å². The zero-order chi connectivity index (χ0) is 40.3. The van der Waals surface area contributed by atoms with E-state index in [-0.39, 0.29) is 32.2 Å². The third kappa shape index (κ3) is 23.6. The van der Waals surface area contributed by atoms with Gasteiger partial charge in [-0.1, -0.05) is 48.5 Å². The van der Waals surface area contributed by atoms with Crippen molar-refractivity contribution < 1.29 is 76.4 Å². The van der Waals surface area contributed by atoms with E-state index in [4.69, 9.17) is 66.8 Å². The molecule has 0 aromatic heterocycles. The number of amides is 1. The van der Waals surface area contributed by atoms with Gasteiger partial charge in [0.05, 0.1) is 158 Å². The lowest BCUT2D eigenvalue weighted by Crippen LogP contribution is -2.28. The van der Waals surface area contributed by atoms with Crippen molar-refractivity contribution in [2.75, 3.05) is 159 Å². The van der Waals surface area contributed by atoms with Gasteiger partial charge in [-0.3, -0.25) is 9.63 Å². The Bertz CT molecular complexity index is 1260. The van der Waals surface area contributed by atoms with Crippen LogP contribution in [0.2, 0.25) is 0 Å². The Morgan fingerprint density at radius 1 is 0.439 bits per heavy atom. The fourth-order valence-corrected chi connectivity index (χ4v) is 5.30. The molecule has 322 valence electrons. The van der Waals surface area contributed by atoms with E-state index in [2.05, 4.69) is 29.7 Å². The van der Waals surface area contributed by atoms with Crippen LogP contribution in [0.3, 0.4) is 0 Å². The standard InChI is InChI=1S/C40H61NO16/c42-39(43)9-10-45-11-12-46-13-14-47-15-16-48-17-18-49-19-20-50-21-22-51-23-24-52-25-26-53-27-28-54-29-30-55-31-32-57-41-40(44)56-33-38-36-7-3-1-5-34(36)35-6-2-4-8-37(35)38/h1-8,38H,9-33H2,(H,41,44)(H,42,43). The number of hydrogen-bond acceptors (Lipinski definition) is 15. The molecule has 0 saturated heterocycles. The van der Waals surface area contributed by atoms with Gasteiger partial charge in [-0.25, -0.2) is 4.79 Å². The highest BCUT2D eigenvalue weighted by molar-refractivity contribution is 5.79. The molecule has 17 nitrogen and oxygen atoms in total. The summed E-state index contributed by atoms with van der Waals surface area (Å²) in [5.41, 5.74) is 6.95. The second-order valence-electron chi connectivity index (χ2n) is 12.2. The second kappa shape index (κ2) is 33.6. The Balaban J connectivity index is 0.933. The van der Waals surface area contributed by atoms with E-state index in [1.165, 1.54) is 11.1 Å². The van der Waals surface area contributed by atoms with Crippen molar-refractivity contribution in [2.24, 2.45) is 0 Å². The number of hydroxylamine groups is 1. The normalized spacial score (nSPS) is 12.1. The lowest BCUT2D eigenvalue weighted by atomic mass is 9.98. The Labute approximate surface area is 335 Å². The van der Waals surface area contributed by atoms with Gasteiger partial charge >= 0.3 is 12.1 Å². The number of carbonyl (C=O) groups is 2. The minimum absolute atomic E-state index is 0.00867. The molecule has 2 aromatic carbocycles. The minimum atomic E-state index is -0.879. The highest BCUT2D eigenvalue weighted by Crippen LogP contribution is 2.44. The SMILES string of the molecule is O=C(O)CCOCCOCCOCCOCCOCCOCCOCCOCCOCCOCCOCCONC(=O)OCC1c2ccccc2-c2ccccc21. The number of carboxylic acid groups (broad SMARTS) is 1. The fourth-order valence-electron chi connectivity index (χ4n) is 5.30. The first kappa shape index (κ1) is 48.1. The Morgan fingerprint density at radius 3 is 1.07 bits per heavy atom. The van der Waals surface area contributed by atoms with Gasteiger partial charge in [0, 0.05) is 5.92 Å². The maximum Gasteiger partial charge on any atom is 0.431 e. The van der Waals surface area contributed by atoms with E-state index < -0.39 is 12.1 Å². The summed E-state index contributed by atoms with van der Waals surface area (Å²) >= 11 is 0. The number of carboxylic acids is 1. The molecule has 0 heterocycles. The molecule has 2 N–H and O–H groups in total. The summed E-state index contributed by atoms with van der Waals surface area (Å²) in [6.07, 6.45) is -0.651. The summed E-state index contributed by atoms with van der Waals surface area (Å²) in [5.74, 6) is -0.890. The Kier molecular flexibility index (Phi) is 28.4. The lowest BCUT2D eigenvalue weighted by Gasteiger charge is -2.14. The lowest BCUT2D eigenvalue weighted by molar-refractivity contribution is -0.138. The molecule has 2 aromatic rings. The zero-order valence-electron chi connectivity index (χ0n) is 32.9. The predicted octanol–water partition coefficient (Wildman–Crippen LogP) is 3.11. The number of rotatable bonds is 39. The third-order valence-electron chi connectivity index (χ3n) is 8.01. The van der Waals surface area contributed by atoms with Crippen LogP contribution in [0.5, 0.6) is 0 Å². The minimum Gasteiger partial charge on any atom is -0.481 e. The average molecular weight is 812 g/mol. The average Bonchev–Trinajstić information content (AvgIpc) is 3.54. The fraction of sp³-hybridized carbons (Fsp3) is 0.650. The first-order chi connectivity index (χ1) is 28.2. The number of ether oxygens (including phenoxy) is 12. The highest BCUT2D eigenvalue weighted by atomic mass is 16.7. The van der Waals surface area contributed by atoms with E-state index >= 15 is 0 Å². The number of benzene rings is 2. The van der Waals surface area contributed by atoms with Gasteiger partial charge in [-0.05, 0) is 22.3 Å². The molecular weight excluding hydrogens is 750 g/mol. The van der Waals surface area contributed by atoms with E-state index in [0.29, 0.717) is 139 Å². The summed E-state index contributed by atoms with van der Waals surface area (Å²) in [4.78, 5) is 27.7. The first-order valence-electron chi connectivity index (χ1n) is 19.5. The summed E-state index contributed by atoms with van der Waals surface area (Å²) in [7, 11) is 0. The van der Waals surface area contributed by atoms with Crippen molar-refractivity contribution in [3.63, 3.8) is 0 Å². The van der Waals surface area contributed by atoms with Gasteiger partial charge in [-0.2, -0.15) is 5.48 Å². The molecule has 0 bridgehead atoms. The van der Waals surface area contributed by atoms with Crippen LogP contribution in [0.1, 0.15) is 23.5 Å². The molecule has 0 saturated carbocycles. The molecule has 17 heteroatoms. The van der Waals surface area contributed by atoms with E-state index in [1.807, 2.05) is 24.3 Å². The zero-order valence-corrected chi connectivity index (χ0v) is 32.9. The van der Waals surface area contributed by atoms with Gasteiger partial charge < -0.3 is 61.9 Å². The highest BCUT2D eigenvalue weighted by Gasteiger charge is 2.29. The Morgan fingerprint density at radius 2 is 0.737 bits per heavy atom. The van der Waals surface area contributed by atoms with Crippen molar-refractivity contribution >= 4 is 12.1 Å². The first-order valence-corrected chi connectivity index (χ1v) is 19.5. The summed E-state index contributed by atoms with van der Waals surface area (Å²) in [5, 5.41) is 8.50. The number of fused-ring (bicyclic) bond motifs is 3. The summed E-state index contributed by atoms with van der Waals surface area (Å²) in [6, 6.07) is 16.3. The quantitative estimate of drug-likeness (QED) is 0.0741. The van der Waals surface area contributed by atoms with Crippen LogP contribution >= 0.6 is 0 Å². The van der Waals surface area contributed by atoms with Crippen molar-refractivity contribution in [1.82, 2.24) is 5.48 Å². The number of hydrogen-bond donors (Lipinski definition) is 2. The molecule has 0 spiro atoms. The smallest absolute Gasteiger partial charge is 0.431 e. The van der Waals surface area contributed by atoms with Gasteiger partial charge in [0.1, 0.15) is 6.61 Å². The summed E-state index contributed by atoms with van der Waals surface area (Å²) in [6.45, 7) is 9.85. The van der Waals surface area contributed by atoms with Crippen LogP contribution in [-0.4, -0.2) is 176 Å². The maximum atomic E-state index is 12.1. The number of aliphatic carboxylic acids is 1. The van der Waals surface area contributed by atoms with Gasteiger partial charge in [0.25, 0.3) is 0 Å². The van der Waals surface area contributed by atoms with Gasteiger partial charge in [0.15, 0.2) is 0 Å². The van der Waals surface area contributed by atoms with E-state index in [1.54, 1.807) is 0 Å². The predicted molar refractivity (Wildman–Crippen MR) is 205 cm³/mol.